The second-order valence-electron chi connectivity index (χ2n) is 3.29. The van der Waals surface area contributed by atoms with Crippen molar-refractivity contribution in [2.24, 2.45) is 0 Å². The van der Waals surface area contributed by atoms with E-state index >= 15 is 0 Å². The van der Waals surface area contributed by atoms with Gasteiger partial charge >= 0.3 is 11.9 Å². The number of alkyl halides is 3. The van der Waals surface area contributed by atoms with Crippen LogP contribution in [0.5, 0.6) is 11.5 Å². The number of aliphatic hydroxyl groups is 1. The minimum atomic E-state index is -4.98. The Hall–Kier alpha value is -2.03. The Kier molecular flexibility index (Phi) is 3.65. The van der Waals surface area contributed by atoms with E-state index in [0.717, 1.165) is 7.11 Å². The van der Waals surface area contributed by atoms with Crippen molar-refractivity contribution in [3.8, 4) is 11.5 Å². The van der Waals surface area contributed by atoms with Gasteiger partial charge in [0.15, 0.2) is 11.9 Å². The predicted octanol–water partition coefficient (Wildman–Crippen LogP) is 1.90. The van der Waals surface area contributed by atoms with Gasteiger partial charge in [-0.2, -0.15) is 13.2 Å². The number of hydrogen-bond donors (Lipinski definition) is 2. The van der Waals surface area contributed by atoms with E-state index in [2.05, 4.69) is 4.74 Å². The summed E-state index contributed by atoms with van der Waals surface area (Å²) in [7, 11) is 1.02. The number of phenols is 1. The van der Waals surface area contributed by atoms with Gasteiger partial charge in [-0.15, -0.1) is 0 Å². The molecule has 1 aromatic rings. The van der Waals surface area contributed by atoms with Crippen LogP contribution in [0.25, 0.3) is 0 Å². The molecule has 0 saturated carbocycles. The van der Waals surface area contributed by atoms with E-state index in [9.17, 15) is 28.4 Å². The van der Waals surface area contributed by atoms with Gasteiger partial charge in [-0.3, -0.25) is 10.1 Å². The van der Waals surface area contributed by atoms with Crippen LogP contribution < -0.4 is 4.74 Å². The molecule has 0 aliphatic carbocycles. The fourth-order valence-electron chi connectivity index (χ4n) is 1.26. The van der Waals surface area contributed by atoms with E-state index in [1.165, 1.54) is 0 Å². The van der Waals surface area contributed by atoms with Gasteiger partial charge < -0.3 is 14.9 Å². The van der Waals surface area contributed by atoms with Crippen molar-refractivity contribution < 1.29 is 33.0 Å². The predicted molar refractivity (Wildman–Crippen MR) is 52.3 cm³/mol. The third-order valence-electron chi connectivity index (χ3n) is 2.12. The number of phenolic OH excluding ortho intramolecular Hbond substituents is 1. The van der Waals surface area contributed by atoms with Crippen LogP contribution in [-0.2, 0) is 0 Å². The summed E-state index contributed by atoms with van der Waals surface area (Å²) >= 11 is 0. The molecule has 100 valence electrons. The van der Waals surface area contributed by atoms with E-state index in [1.54, 1.807) is 0 Å². The minimum Gasteiger partial charge on any atom is -0.500 e. The first kappa shape index (κ1) is 14.0. The van der Waals surface area contributed by atoms with Crippen molar-refractivity contribution in [1.29, 1.82) is 0 Å². The molecule has 0 unspecified atom stereocenters. The van der Waals surface area contributed by atoms with Crippen molar-refractivity contribution in [2.75, 3.05) is 7.11 Å². The lowest BCUT2D eigenvalue weighted by Gasteiger charge is -2.15. The zero-order valence-electron chi connectivity index (χ0n) is 8.93. The van der Waals surface area contributed by atoms with Crippen molar-refractivity contribution in [3.05, 3.63) is 27.8 Å². The smallest absolute Gasteiger partial charge is 0.418 e. The molecule has 0 saturated heterocycles. The van der Waals surface area contributed by atoms with Gasteiger partial charge in [0.05, 0.1) is 12.0 Å². The number of halogens is 3. The molecule has 0 aliphatic rings. The van der Waals surface area contributed by atoms with Crippen molar-refractivity contribution in [3.63, 3.8) is 0 Å². The van der Waals surface area contributed by atoms with Crippen LogP contribution >= 0.6 is 0 Å². The van der Waals surface area contributed by atoms with Gasteiger partial charge in [0, 0.05) is 11.6 Å². The summed E-state index contributed by atoms with van der Waals surface area (Å²) in [6.45, 7) is 0. The summed E-state index contributed by atoms with van der Waals surface area (Å²) in [5.74, 6) is -1.43. The number of aliphatic hydroxyl groups excluding tert-OH is 1. The summed E-state index contributed by atoms with van der Waals surface area (Å²) in [5, 5.41) is 28.9. The Balaban J connectivity index is 3.39. The summed E-state index contributed by atoms with van der Waals surface area (Å²) in [6.07, 6.45) is -7.87. The van der Waals surface area contributed by atoms with Crippen molar-refractivity contribution in [1.82, 2.24) is 0 Å². The first-order valence-electron chi connectivity index (χ1n) is 4.48. The highest BCUT2D eigenvalue weighted by Crippen LogP contribution is 2.41. The van der Waals surface area contributed by atoms with Crippen molar-refractivity contribution in [2.45, 2.75) is 12.3 Å². The Morgan fingerprint density at radius 2 is 2.00 bits per heavy atom. The maximum atomic E-state index is 12.3. The number of hydrogen-bond acceptors (Lipinski definition) is 5. The third-order valence-corrected chi connectivity index (χ3v) is 2.12. The van der Waals surface area contributed by atoms with E-state index < -0.39 is 40.0 Å². The Labute approximate surface area is 98.4 Å². The fourth-order valence-corrected chi connectivity index (χ4v) is 1.26. The van der Waals surface area contributed by atoms with Crippen LogP contribution in [-0.4, -0.2) is 28.4 Å². The molecular weight excluding hydrogens is 259 g/mol. The maximum absolute atomic E-state index is 12.3. The molecule has 0 aromatic heterocycles. The van der Waals surface area contributed by atoms with Crippen molar-refractivity contribution >= 4 is 5.69 Å². The number of nitrogens with zero attached hydrogens (tertiary/aromatic N) is 1. The lowest BCUT2D eigenvalue weighted by atomic mass is 10.1. The number of ether oxygens (including phenoxy) is 1. The number of aromatic hydroxyl groups is 1. The second-order valence-corrected chi connectivity index (χ2v) is 3.29. The molecule has 0 bridgehead atoms. The van der Waals surface area contributed by atoms with Crippen LogP contribution in [0.1, 0.15) is 11.7 Å². The van der Waals surface area contributed by atoms with Gasteiger partial charge in [0.2, 0.25) is 5.75 Å². The second kappa shape index (κ2) is 4.69. The molecule has 2 N–H and O–H groups in total. The molecule has 0 aliphatic heterocycles. The van der Waals surface area contributed by atoms with Gasteiger partial charge in [-0.05, 0) is 6.07 Å². The highest BCUT2D eigenvalue weighted by Gasteiger charge is 2.40. The SMILES string of the molecule is COc1cc([C@H](O)C(F)(F)F)cc([N+](=O)[O-])c1O. The van der Waals surface area contributed by atoms with E-state index in [1.807, 2.05) is 0 Å². The molecule has 1 rings (SSSR count). The fraction of sp³-hybridized carbons (Fsp3) is 0.333. The normalized spacial score (nSPS) is 13.2. The van der Waals surface area contributed by atoms with E-state index in [-0.39, 0.29) is 0 Å². The Morgan fingerprint density at radius 3 is 2.39 bits per heavy atom. The molecule has 0 heterocycles. The molecule has 9 heteroatoms. The molecule has 0 fully saturated rings. The molecule has 6 nitrogen and oxygen atoms in total. The summed E-state index contributed by atoms with van der Waals surface area (Å²) in [6, 6.07) is 1.12. The zero-order chi connectivity index (χ0) is 14.1. The van der Waals surface area contributed by atoms with Crippen LogP contribution in [0.3, 0.4) is 0 Å². The van der Waals surface area contributed by atoms with E-state index in [0.29, 0.717) is 12.1 Å². The van der Waals surface area contributed by atoms with Gasteiger partial charge in [-0.1, -0.05) is 0 Å². The van der Waals surface area contributed by atoms with Crippen LogP contribution in [0.15, 0.2) is 12.1 Å². The highest BCUT2D eigenvalue weighted by molar-refractivity contribution is 5.57. The lowest BCUT2D eigenvalue weighted by molar-refractivity contribution is -0.386. The number of benzene rings is 1. The molecule has 18 heavy (non-hydrogen) atoms. The molecule has 0 radical (unpaired) electrons. The number of rotatable bonds is 3. The number of methoxy groups -OCH3 is 1. The molecule has 0 spiro atoms. The standard InChI is InChI=1S/C9H8F3NO5/c1-18-6-3-4(8(15)9(10,11)12)2-5(7(6)14)13(16)17/h2-3,8,14-15H,1H3/t8-/m0/s1. The summed E-state index contributed by atoms with van der Waals surface area (Å²) in [5.41, 5.74) is -1.77. The van der Waals surface area contributed by atoms with Crippen LogP contribution in [0.4, 0.5) is 18.9 Å². The Bertz CT molecular complexity index is 474. The summed E-state index contributed by atoms with van der Waals surface area (Å²) in [4.78, 5) is 9.46. The first-order chi connectivity index (χ1) is 8.18. The lowest BCUT2D eigenvalue weighted by Crippen LogP contribution is -2.20. The van der Waals surface area contributed by atoms with Crippen LogP contribution in [0, 0.1) is 10.1 Å². The number of nitro benzene ring substituents is 1. The molecular formula is C9H8F3NO5. The Morgan fingerprint density at radius 1 is 1.44 bits per heavy atom. The largest absolute Gasteiger partial charge is 0.500 e. The van der Waals surface area contributed by atoms with Gasteiger partial charge in [0.1, 0.15) is 0 Å². The third kappa shape index (κ3) is 2.62. The zero-order valence-corrected chi connectivity index (χ0v) is 8.93. The first-order valence-corrected chi connectivity index (χ1v) is 4.48. The average molecular weight is 267 g/mol. The van der Waals surface area contributed by atoms with Crippen LogP contribution in [0.2, 0.25) is 0 Å². The highest BCUT2D eigenvalue weighted by atomic mass is 19.4. The van der Waals surface area contributed by atoms with Gasteiger partial charge in [0.25, 0.3) is 0 Å². The molecule has 0 amide bonds. The molecule has 1 aromatic carbocycles. The topological polar surface area (TPSA) is 92.8 Å². The maximum Gasteiger partial charge on any atom is 0.418 e. The monoisotopic (exact) mass is 267 g/mol. The molecule has 1 atom stereocenters. The average Bonchev–Trinajstić information content (AvgIpc) is 2.26. The van der Waals surface area contributed by atoms with Gasteiger partial charge in [-0.25, -0.2) is 0 Å². The summed E-state index contributed by atoms with van der Waals surface area (Å²) < 4.78 is 41.3. The minimum absolute atomic E-state index is 0.440. The quantitative estimate of drug-likeness (QED) is 0.644. The van der Waals surface area contributed by atoms with E-state index in [4.69, 9.17) is 5.11 Å². The number of nitro groups is 1.